The van der Waals surface area contributed by atoms with Gasteiger partial charge in [-0.25, -0.2) is 15.0 Å². The third-order valence-electron chi connectivity index (χ3n) is 5.05. The minimum Gasteiger partial charge on any atom is -0.480 e. The van der Waals surface area contributed by atoms with E-state index in [0.29, 0.717) is 23.3 Å². The number of benzene rings is 1. The Hall–Kier alpha value is -2.92. The number of aromatic nitrogens is 4. The van der Waals surface area contributed by atoms with Crippen LogP contribution in [0.1, 0.15) is 18.2 Å². The van der Waals surface area contributed by atoms with Gasteiger partial charge in [0, 0.05) is 12.0 Å². The van der Waals surface area contributed by atoms with Crippen molar-refractivity contribution < 1.29 is 24.9 Å². The number of carbonyl (C=O) groups is 1. The summed E-state index contributed by atoms with van der Waals surface area (Å²) in [4.78, 5) is 24.0. The predicted molar refractivity (Wildman–Crippen MR) is 102 cm³/mol. The third kappa shape index (κ3) is 3.70. The van der Waals surface area contributed by atoms with E-state index in [4.69, 9.17) is 15.6 Å². The van der Waals surface area contributed by atoms with Gasteiger partial charge in [-0.2, -0.15) is 0 Å². The molecule has 0 aliphatic carbocycles. The molecule has 0 bridgehead atoms. The van der Waals surface area contributed by atoms with E-state index < -0.39 is 30.4 Å². The molecule has 1 fully saturated rings. The van der Waals surface area contributed by atoms with Gasteiger partial charge < -0.3 is 25.8 Å². The van der Waals surface area contributed by atoms with Crippen molar-refractivity contribution in [2.45, 2.75) is 37.3 Å². The summed E-state index contributed by atoms with van der Waals surface area (Å²) in [7, 11) is 0. The lowest BCUT2D eigenvalue weighted by Crippen LogP contribution is -2.32. The van der Waals surface area contributed by atoms with Gasteiger partial charge in [-0.3, -0.25) is 9.36 Å². The Bertz CT molecular complexity index is 1020. The highest BCUT2D eigenvalue weighted by molar-refractivity contribution is 5.87. The molecule has 4 rings (SSSR count). The molecule has 152 valence electrons. The number of aliphatic carboxylic acids is 1. The van der Waals surface area contributed by atoms with E-state index in [1.807, 2.05) is 24.3 Å². The zero-order valence-corrected chi connectivity index (χ0v) is 15.4. The molecule has 10 heteroatoms. The molecule has 4 atom stereocenters. The minimum absolute atomic E-state index is 0.233. The summed E-state index contributed by atoms with van der Waals surface area (Å²) in [5.41, 5.74) is 8.96. The van der Waals surface area contributed by atoms with Crippen molar-refractivity contribution in [1.29, 1.82) is 0 Å². The van der Waals surface area contributed by atoms with E-state index in [2.05, 4.69) is 15.0 Å². The van der Waals surface area contributed by atoms with E-state index in [1.165, 1.54) is 6.33 Å². The Labute approximate surface area is 165 Å². The number of rotatable bonds is 6. The molecule has 0 radical (unpaired) electrons. The van der Waals surface area contributed by atoms with Crippen LogP contribution in [0.25, 0.3) is 22.4 Å². The number of hydrogen-bond donors (Lipinski definition) is 4. The van der Waals surface area contributed by atoms with Crippen molar-refractivity contribution in [3.63, 3.8) is 0 Å². The Kier molecular flexibility index (Phi) is 5.24. The second kappa shape index (κ2) is 7.84. The molecule has 1 aromatic carbocycles. The van der Waals surface area contributed by atoms with Crippen molar-refractivity contribution in [1.82, 2.24) is 19.5 Å². The second-order valence-corrected chi connectivity index (χ2v) is 7.01. The largest absolute Gasteiger partial charge is 0.480 e. The smallest absolute Gasteiger partial charge is 0.320 e. The monoisotopic (exact) mass is 399 g/mol. The molecule has 29 heavy (non-hydrogen) atoms. The maximum absolute atomic E-state index is 10.9. The minimum atomic E-state index is -1.04. The van der Waals surface area contributed by atoms with Crippen LogP contribution in [-0.2, 0) is 16.0 Å². The zero-order valence-electron chi connectivity index (χ0n) is 15.4. The Morgan fingerprint density at radius 2 is 2.03 bits per heavy atom. The first-order chi connectivity index (χ1) is 14.0. The SMILES string of the molecule is N[C@@H](Cc1ccc(-c2ncnc3c2ncn3[C@H]2C[C@H](O)[C@@H](CO)O2)cc1)C(=O)O. The molecule has 0 unspecified atom stereocenters. The maximum atomic E-state index is 10.9. The van der Waals surface area contributed by atoms with Crippen LogP contribution in [0, 0.1) is 0 Å². The molecular formula is C19H21N5O5. The van der Waals surface area contributed by atoms with Gasteiger partial charge in [0.25, 0.3) is 0 Å². The van der Waals surface area contributed by atoms with Crippen molar-refractivity contribution in [3.8, 4) is 11.3 Å². The van der Waals surface area contributed by atoms with E-state index in [1.54, 1.807) is 10.9 Å². The maximum Gasteiger partial charge on any atom is 0.320 e. The number of imidazole rings is 1. The van der Waals surface area contributed by atoms with E-state index in [-0.39, 0.29) is 13.0 Å². The number of hydrogen-bond acceptors (Lipinski definition) is 8. The van der Waals surface area contributed by atoms with Crippen LogP contribution in [0.5, 0.6) is 0 Å². The molecule has 0 amide bonds. The summed E-state index contributed by atoms with van der Waals surface area (Å²) < 4.78 is 7.42. The average molecular weight is 399 g/mol. The van der Waals surface area contributed by atoms with Crippen LogP contribution < -0.4 is 5.73 Å². The first-order valence-electron chi connectivity index (χ1n) is 9.17. The second-order valence-electron chi connectivity index (χ2n) is 7.01. The fraction of sp³-hybridized carbons (Fsp3) is 0.368. The predicted octanol–water partition coefficient (Wildman–Crippen LogP) is 0.0884. The Morgan fingerprint density at radius 3 is 2.69 bits per heavy atom. The number of aliphatic hydroxyl groups excluding tert-OH is 2. The highest BCUT2D eigenvalue weighted by atomic mass is 16.5. The number of nitrogens with zero attached hydrogens (tertiary/aromatic N) is 4. The lowest BCUT2D eigenvalue weighted by molar-refractivity contribution is -0.138. The topological polar surface area (TPSA) is 157 Å². The van der Waals surface area contributed by atoms with Gasteiger partial charge in [0.2, 0.25) is 0 Å². The number of carboxylic acids is 1. The molecular weight excluding hydrogens is 378 g/mol. The van der Waals surface area contributed by atoms with Gasteiger partial charge >= 0.3 is 5.97 Å². The molecule has 1 aliphatic rings. The Balaban J connectivity index is 1.62. The van der Waals surface area contributed by atoms with E-state index in [0.717, 1.165) is 11.1 Å². The molecule has 5 N–H and O–H groups in total. The van der Waals surface area contributed by atoms with Gasteiger partial charge in [-0.05, 0) is 12.0 Å². The van der Waals surface area contributed by atoms with Gasteiger partial charge in [0.15, 0.2) is 5.65 Å². The lowest BCUT2D eigenvalue weighted by Gasteiger charge is -2.13. The average Bonchev–Trinajstić information content (AvgIpc) is 3.31. The van der Waals surface area contributed by atoms with Crippen molar-refractivity contribution in [2.75, 3.05) is 6.61 Å². The van der Waals surface area contributed by atoms with Gasteiger partial charge in [-0.15, -0.1) is 0 Å². The summed E-state index contributed by atoms with van der Waals surface area (Å²) in [6.45, 7) is -0.261. The summed E-state index contributed by atoms with van der Waals surface area (Å²) in [5.74, 6) is -1.04. The lowest BCUT2D eigenvalue weighted by atomic mass is 10.0. The summed E-state index contributed by atoms with van der Waals surface area (Å²) in [6, 6.07) is 6.34. The third-order valence-corrected chi connectivity index (χ3v) is 5.05. The molecule has 3 aromatic rings. The molecule has 1 aliphatic heterocycles. The highest BCUT2D eigenvalue weighted by Crippen LogP contribution is 2.32. The number of nitrogens with two attached hydrogens (primary N) is 1. The van der Waals surface area contributed by atoms with Gasteiger partial charge in [0.1, 0.15) is 35.9 Å². The van der Waals surface area contributed by atoms with Gasteiger partial charge in [-0.1, -0.05) is 24.3 Å². The number of fused-ring (bicyclic) bond motifs is 1. The van der Waals surface area contributed by atoms with Gasteiger partial charge in [0.05, 0.1) is 19.0 Å². The van der Waals surface area contributed by atoms with Crippen molar-refractivity contribution in [3.05, 3.63) is 42.5 Å². The fourth-order valence-corrected chi connectivity index (χ4v) is 3.46. The molecule has 2 aromatic heterocycles. The van der Waals surface area contributed by atoms with Crippen LogP contribution in [0.4, 0.5) is 0 Å². The zero-order chi connectivity index (χ0) is 20.5. The fourth-order valence-electron chi connectivity index (χ4n) is 3.46. The summed E-state index contributed by atoms with van der Waals surface area (Å²) in [6.07, 6.45) is 1.71. The molecule has 0 spiro atoms. The van der Waals surface area contributed by atoms with Crippen LogP contribution >= 0.6 is 0 Å². The van der Waals surface area contributed by atoms with Crippen LogP contribution in [0.15, 0.2) is 36.9 Å². The summed E-state index contributed by atoms with van der Waals surface area (Å²) in [5, 5.41) is 28.2. The molecule has 3 heterocycles. The number of carboxylic acid groups (broad SMARTS) is 1. The van der Waals surface area contributed by atoms with E-state index in [9.17, 15) is 15.0 Å². The quantitative estimate of drug-likeness (QED) is 0.451. The van der Waals surface area contributed by atoms with Crippen LogP contribution in [0.3, 0.4) is 0 Å². The van der Waals surface area contributed by atoms with Crippen LogP contribution in [-0.4, -0.2) is 65.7 Å². The van der Waals surface area contributed by atoms with Crippen molar-refractivity contribution in [2.24, 2.45) is 5.73 Å². The first-order valence-corrected chi connectivity index (χ1v) is 9.17. The standard InChI is InChI=1S/C19H21N5O5/c20-12(19(27)28)5-10-1-3-11(4-2-10)16-17-18(22-8-21-16)24(9-23-17)15-6-13(26)14(7-25)29-15/h1-4,8-9,12-15,25-26H,5-7,20H2,(H,27,28)/t12-,13-,14+,15+/m0/s1. The molecule has 0 saturated carbocycles. The van der Waals surface area contributed by atoms with E-state index >= 15 is 0 Å². The number of ether oxygens (including phenoxy) is 1. The highest BCUT2D eigenvalue weighted by Gasteiger charge is 2.35. The molecule has 1 saturated heterocycles. The summed E-state index contributed by atoms with van der Waals surface area (Å²) >= 11 is 0. The Morgan fingerprint density at radius 1 is 1.28 bits per heavy atom. The van der Waals surface area contributed by atoms with Crippen LogP contribution in [0.2, 0.25) is 0 Å². The first kappa shape index (κ1) is 19.4. The molecule has 10 nitrogen and oxygen atoms in total. The number of aliphatic hydroxyl groups is 2. The normalized spacial score (nSPS) is 22.8. The van der Waals surface area contributed by atoms with Crippen molar-refractivity contribution >= 4 is 17.1 Å².